The van der Waals surface area contributed by atoms with Crippen LogP contribution < -0.4 is 9.64 Å². The Morgan fingerprint density at radius 2 is 1.82 bits per heavy atom. The smallest absolute Gasteiger partial charge is 0.301 e. The number of hydrogen-bond acceptors (Lipinski definition) is 7. The van der Waals surface area contributed by atoms with Crippen LogP contribution in [-0.2, 0) is 9.59 Å². The van der Waals surface area contributed by atoms with Crippen molar-refractivity contribution >= 4 is 45.5 Å². The first-order valence-corrected chi connectivity index (χ1v) is 11.7. The van der Waals surface area contributed by atoms with Crippen molar-refractivity contribution in [2.24, 2.45) is 0 Å². The highest BCUT2D eigenvalue weighted by molar-refractivity contribution is 7.15. The summed E-state index contributed by atoms with van der Waals surface area (Å²) < 4.78 is 5.67. The summed E-state index contributed by atoms with van der Waals surface area (Å²) in [4.78, 5) is 27.4. The van der Waals surface area contributed by atoms with Crippen LogP contribution in [0.1, 0.15) is 41.9 Å². The van der Waals surface area contributed by atoms with Crippen LogP contribution in [-0.4, -0.2) is 33.6 Å². The van der Waals surface area contributed by atoms with Gasteiger partial charge in [0.1, 0.15) is 16.5 Å². The molecule has 1 atom stereocenters. The van der Waals surface area contributed by atoms with Crippen molar-refractivity contribution in [1.29, 1.82) is 0 Å². The van der Waals surface area contributed by atoms with E-state index in [-0.39, 0.29) is 16.5 Å². The average Bonchev–Trinajstić information content (AvgIpc) is 3.35. The van der Waals surface area contributed by atoms with Crippen molar-refractivity contribution in [3.8, 4) is 5.75 Å². The fourth-order valence-electron chi connectivity index (χ4n) is 3.57. The molecular weight excluding hydrogens is 462 g/mol. The topological polar surface area (TPSA) is 92.6 Å². The van der Waals surface area contributed by atoms with Gasteiger partial charge in [-0.15, -0.1) is 10.2 Å². The van der Waals surface area contributed by atoms with Crippen LogP contribution in [0.25, 0.3) is 5.76 Å². The number of nitrogens with zero attached hydrogens (tertiary/aromatic N) is 3. The molecule has 1 saturated heterocycles. The Morgan fingerprint density at radius 3 is 2.42 bits per heavy atom. The lowest BCUT2D eigenvalue weighted by molar-refractivity contribution is -0.132. The summed E-state index contributed by atoms with van der Waals surface area (Å²) in [5.41, 5.74) is 1.01. The summed E-state index contributed by atoms with van der Waals surface area (Å²) in [5, 5.41) is 20.6. The summed E-state index contributed by atoms with van der Waals surface area (Å²) in [7, 11) is 0. The first-order valence-electron chi connectivity index (χ1n) is 10.5. The number of aliphatic hydroxyl groups is 1. The third kappa shape index (κ3) is 4.62. The Morgan fingerprint density at radius 1 is 1.12 bits per heavy atom. The molecule has 33 heavy (non-hydrogen) atoms. The number of ketones is 1. The molecule has 0 aliphatic carbocycles. The lowest BCUT2D eigenvalue weighted by Crippen LogP contribution is -2.29. The zero-order valence-corrected chi connectivity index (χ0v) is 19.7. The van der Waals surface area contributed by atoms with Crippen LogP contribution in [0.3, 0.4) is 0 Å². The minimum atomic E-state index is -0.866. The molecule has 2 heterocycles. The summed E-state index contributed by atoms with van der Waals surface area (Å²) in [6.07, 6.45) is 1.97. The van der Waals surface area contributed by atoms with Gasteiger partial charge in [0.25, 0.3) is 5.78 Å². The standard InChI is InChI=1S/C24H22ClN3O4S/c1-3-4-13-32-18-11-7-16(8-12-18)21(29)19-20(15-5-9-17(25)10-6-15)28(23(31)22(19)30)24-27-26-14(2)33-24/h5-12,20,29H,3-4,13H2,1-2H3/b21-19-. The summed E-state index contributed by atoms with van der Waals surface area (Å²) >= 11 is 7.24. The predicted molar refractivity (Wildman–Crippen MR) is 128 cm³/mol. The predicted octanol–water partition coefficient (Wildman–Crippen LogP) is 5.31. The normalized spacial score (nSPS) is 17.5. The second-order valence-corrected chi connectivity index (χ2v) is 9.15. The van der Waals surface area contributed by atoms with Crippen LogP contribution in [0.15, 0.2) is 54.1 Å². The maximum atomic E-state index is 13.1. The molecule has 1 aliphatic heterocycles. The highest BCUT2D eigenvalue weighted by Gasteiger charge is 2.48. The summed E-state index contributed by atoms with van der Waals surface area (Å²) in [5.74, 6) is -1.16. The Labute approximate surface area is 200 Å². The van der Waals surface area contributed by atoms with E-state index in [4.69, 9.17) is 16.3 Å². The van der Waals surface area contributed by atoms with Gasteiger partial charge in [-0.3, -0.25) is 14.5 Å². The van der Waals surface area contributed by atoms with E-state index in [1.54, 1.807) is 55.5 Å². The van der Waals surface area contributed by atoms with Crippen LogP contribution in [0.5, 0.6) is 5.75 Å². The molecule has 170 valence electrons. The number of ether oxygens (including phenoxy) is 1. The van der Waals surface area contributed by atoms with Crippen molar-refractivity contribution in [3.05, 3.63) is 75.3 Å². The number of halogens is 1. The van der Waals surface area contributed by atoms with Crippen molar-refractivity contribution in [1.82, 2.24) is 10.2 Å². The van der Waals surface area contributed by atoms with Gasteiger partial charge in [0, 0.05) is 10.6 Å². The average molecular weight is 484 g/mol. The SMILES string of the molecule is CCCCOc1ccc(/C(O)=C2/C(=O)C(=O)N(c3nnc(C)s3)C2c2ccc(Cl)cc2)cc1. The van der Waals surface area contributed by atoms with Crippen LogP contribution >= 0.6 is 22.9 Å². The molecule has 1 aromatic heterocycles. The molecule has 7 nitrogen and oxygen atoms in total. The highest BCUT2D eigenvalue weighted by atomic mass is 35.5. The van der Waals surface area contributed by atoms with Crippen LogP contribution in [0.4, 0.5) is 5.13 Å². The van der Waals surface area contributed by atoms with Gasteiger partial charge in [0.15, 0.2) is 0 Å². The number of Topliss-reactive ketones (excluding diaryl/α,β-unsaturated/α-hetero) is 1. The van der Waals surface area contributed by atoms with E-state index >= 15 is 0 Å². The van der Waals surface area contributed by atoms with Crippen molar-refractivity contribution < 1.29 is 19.4 Å². The van der Waals surface area contributed by atoms with Gasteiger partial charge >= 0.3 is 5.91 Å². The van der Waals surface area contributed by atoms with E-state index in [2.05, 4.69) is 17.1 Å². The molecule has 1 aliphatic rings. The third-order valence-electron chi connectivity index (χ3n) is 5.25. The number of unbranched alkanes of at least 4 members (excludes halogenated alkanes) is 1. The van der Waals surface area contributed by atoms with E-state index in [9.17, 15) is 14.7 Å². The second-order valence-electron chi connectivity index (χ2n) is 7.55. The number of rotatable bonds is 7. The first kappa shape index (κ1) is 22.9. The number of benzene rings is 2. The largest absolute Gasteiger partial charge is 0.507 e. The van der Waals surface area contributed by atoms with E-state index < -0.39 is 17.7 Å². The van der Waals surface area contributed by atoms with E-state index in [1.165, 1.54) is 16.2 Å². The Balaban J connectivity index is 1.78. The van der Waals surface area contributed by atoms with Gasteiger partial charge in [0.05, 0.1) is 18.2 Å². The summed E-state index contributed by atoms with van der Waals surface area (Å²) in [6.45, 7) is 4.45. The van der Waals surface area contributed by atoms with Gasteiger partial charge in [-0.05, 0) is 55.3 Å². The minimum Gasteiger partial charge on any atom is -0.507 e. The highest BCUT2D eigenvalue weighted by Crippen LogP contribution is 2.43. The number of aryl methyl sites for hydroxylation is 1. The van der Waals surface area contributed by atoms with Crippen molar-refractivity contribution in [2.45, 2.75) is 32.7 Å². The Hall–Kier alpha value is -3.23. The quantitative estimate of drug-likeness (QED) is 0.212. The molecule has 1 N–H and O–H groups in total. The van der Waals surface area contributed by atoms with E-state index in [0.29, 0.717) is 33.5 Å². The molecule has 1 amide bonds. The molecule has 1 unspecified atom stereocenters. The number of aliphatic hydroxyl groups excluding tert-OH is 1. The van der Waals surface area contributed by atoms with Gasteiger partial charge in [-0.25, -0.2) is 0 Å². The Bertz CT molecular complexity index is 1210. The number of amides is 1. The minimum absolute atomic E-state index is 0.0187. The van der Waals surface area contributed by atoms with Crippen LogP contribution in [0.2, 0.25) is 5.02 Å². The van der Waals surface area contributed by atoms with Gasteiger partial charge in [0.2, 0.25) is 5.13 Å². The zero-order chi connectivity index (χ0) is 23.5. The molecule has 0 saturated carbocycles. The lowest BCUT2D eigenvalue weighted by atomic mass is 9.95. The monoisotopic (exact) mass is 483 g/mol. The van der Waals surface area contributed by atoms with E-state index in [0.717, 1.165) is 12.8 Å². The number of anilines is 1. The lowest BCUT2D eigenvalue weighted by Gasteiger charge is -2.22. The number of aromatic nitrogens is 2. The van der Waals surface area contributed by atoms with Gasteiger partial charge in [-0.1, -0.05) is 48.4 Å². The maximum Gasteiger partial charge on any atom is 0.301 e. The van der Waals surface area contributed by atoms with Crippen molar-refractivity contribution in [3.63, 3.8) is 0 Å². The molecule has 0 radical (unpaired) electrons. The van der Waals surface area contributed by atoms with Gasteiger partial charge in [-0.2, -0.15) is 0 Å². The fourth-order valence-corrected chi connectivity index (χ4v) is 4.41. The van der Waals surface area contributed by atoms with Crippen molar-refractivity contribution in [2.75, 3.05) is 11.5 Å². The molecule has 4 rings (SSSR count). The molecule has 3 aromatic rings. The molecule has 0 bridgehead atoms. The van der Waals surface area contributed by atoms with E-state index in [1.807, 2.05) is 0 Å². The first-order chi connectivity index (χ1) is 15.9. The number of hydrogen-bond donors (Lipinski definition) is 1. The Kier molecular flexibility index (Phi) is 6.76. The molecule has 1 fully saturated rings. The molecule has 9 heteroatoms. The van der Waals surface area contributed by atoms with Gasteiger partial charge < -0.3 is 9.84 Å². The molecule has 2 aromatic carbocycles. The third-order valence-corrected chi connectivity index (χ3v) is 6.34. The maximum absolute atomic E-state index is 13.1. The number of carbonyl (C=O) groups excluding carboxylic acids is 2. The second kappa shape index (κ2) is 9.72. The number of carbonyl (C=O) groups is 2. The molecule has 0 spiro atoms. The van der Waals surface area contributed by atoms with Crippen LogP contribution in [0, 0.1) is 6.92 Å². The molecular formula is C24H22ClN3O4S. The summed E-state index contributed by atoms with van der Waals surface area (Å²) in [6, 6.07) is 12.7. The fraction of sp³-hybridized carbons (Fsp3) is 0.250. The zero-order valence-electron chi connectivity index (χ0n) is 18.1.